The predicted molar refractivity (Wildman–Crippen MR) is 90.1 cm³/mol. The second-order valence-electron chi connectivity index (χ2n) is 4.53. The van der Waals surface area contributed by atoms with E-state index < -0.39 is 0 Å². The molecule has 112 valence electrons. The van der Waals surface area contributed by atoms with E-state index in [-0.39, 0.29) is 16.6 Å². The average molecular weight is 345 g/mol. The zero-order valence-electron chi connectivity index (χ0n) is 11.1. The third-order valence-electron chi connectivity index (χ3n) is 3.07. The standard InChI is InChI=1S/C13H14Cl2N4OS/c14-8-4-3-5-9(15)10(8)17-18-11(12(16)21)13(20)19-6-1-2-7-19/h3-5,17H,1-2,6-7H2,(H2,16,21)/b18-11-. The molecule has 21 heavy (non-hydrogen) atoms. The number of hydrogen-bond acceptors (Lipinski definition) is 4. The number of carbonyl (C=O) groups is 1. The van der Waals surface area contributed by atoms with Crippen molar-refractivity contribution in [3.63, 3.8) is 0 Å². The number of likely N-dealkylation sites (tertiary alicyclic amines) is 1. The summed E-state index contributed by atoms with van der Waals surface area (Å²) in [5.74, 6) is -0.282. The van der Waals surface area contributed by atoms with Crippen LogP contribution in [-0.4, -0.2) is 34.6 Å². The van der Waals surface area contributed by atoms with Crippen LogP contribution in [0.25, 0.3) is 0 Å². The topological polar surface area (TPSA) is 70.7 Å². The maximum atomic E-state index is 12.3. The Balaban J connectivity index is 2.22. The fraction of sp³-hybridized carbons (Fsp3) is 0.308. The van der Waals surface area contributed by atoms with Gasteiger partial charge in [0.15, 0.2) is 5.71 Å². The van der Waals surface area contributed by atoms with Gasteiger partial charge in [0.1, 0.15) is 4.99 Å². The average Bonchev–Trinajstić information content (AvgIpc) is 2.95. The van der Waals surface area contributed by atoms with Crippen molar-refractivity contribution in [3.05, 3.63) is 28.2 Å². The second-order valence-corrected chi connectivity index (χ2v) is 5.79. The summed E-state index contributed by atoms with van der Waals surface area (Å²) >= 11 is 17.0. The zero-order valence-corrected chi connectivity index (χ0v) is 13.4. The van der Waals surface area contributed by atoms with Gasteiger partial charge in [-0.2, -0.15) is 5.10 Å². The minimum atomic E-state index is -0.282. The highest BCUT2D eigenvalue weighted by Crippen LogP contribution is 2.29. The summed E-state index contributed by atoms with van der Waals surface area (Å²) < 4.78 is 0. The van der Waals surface area contributed by atoms with Crippen LogP contribution >= 0.6 is 35.4 Å². The van der Waals surface area contributed by atoms with Crippen molar-refractivity contribution in [2.75, 3.05) is 18.5 Å². The molecular formula is C13H14Cl2N4OS. The van der Waals surface area contributed by atoms with E-state index in [1.54, 1.807) is 23.1 Å². The van der Waals surface area contributed by atoms with Crippen molar-refractivity contribution >= 4 is 57.7 Å². The number of anilines is 1. The molecule has 1 fully saturated rings. The minimum Gasteiger partial charge on any atom is -0.388 e. The van der Waals surface area contributed by atoms with Gasteiger partial charge in [0.05, 0.1) is 15.7 Å². The number of benzene rings is 1. The molecule has 1 aromatic carbocycles. The van der Waals surface area contributed by atoms with Gasteiger partial charge in [-0.25, -0.2) is 0 Å². The number of nitrogens with one attached hydrogen (secondary N) is 1. The third kappa shape index (κ3) is 3.84. The molecular weight excluding hydrogens is 331 g/mol. The van der Waals surface area contributed by atoms with Crippen LogP contribution < -0.4 is 11.2 Å². The lowest BCUT2D eigenvalue weighted by atomic mass is 10.3. The lowest BCUT2D eigenvalue weighted by Crippen LogP contribution is -2.40. The van der Waals surface area contributed by atoms with Crippen molar-refractivity contribution in [3.8, 4) is 0 Å². The van der Waals surface area contributed by atoms with Crippen LogP contribution in [0.1, 0.15) is 12.8 Å². The van der Waals surface area contributed by atoms with Gasteiger partial charge in [-0.05, 0) is 25.0 Å². The van der Waals surface area contributed by atoms with Crippen LogP contribution in [-0.2, 0) is 4.79 Å². The van der Waals surface area contributed by atoms with Crippen LogP contribution in [0, 0.1) is 0 Å². The van der Waals surface area contributed by atoms with E-state index in [1.165, 1.54) is 0 Å². The first-order chi connectivity index (χ1) is 10.0. The smallest absolute Gasteiger partial charge is 0.277 e. The van der Waals surface area contributed by atoms with Crippen LogP contribution in [0.15, 0.2) is 23.3 Å². The van der Waals surface area contributed by atoms with Crippen LogP contribution in [0.3, 0.4) is 0 Å². The zero-order chi connectivity index (χ0) is 15.4. The van der Waals surface area contributed by atoms with Gasteiger partial charge >= 0.3 is 0 Å². The molecule has 1 amide bonds. The van der Waals surface area contributed by atoms with E-state index in [1.807, 2.05) is 0 Å². The Labute approximate surface area is 138 Å². The summed E-state index contributed by atoms with van der Waals surface area (Å²) in [4.78, 5) is 13.9. The Hall–Kier alpha value is -1.37. The van der Waals surface area contributed by atoms with Gasteiger partial charge in [0, 0.05) is 13.1 Å². The van der Waals surface area contributed by atoms with Crippen LogP contribution in [0.4, 0.5) is 5.69 Å². The van der Waals surface area contributed by atoms with Gasteiger partial charge < -0.3 is 10.6 Å². The Morgan fingerprint density at radius 1 is 1.29 bits per heavy atom. The molecule has 0 aliphatic carbocycles. The summed E-state index contributed by atoms with van der Waals surface area (Å²) in [5, 5.41) is 4.78. The van der Waals surface area contributed by atoms with Gasteiger partial charge in [-0.3, -0.25) is 10.2 Å². The highest BCUT2D eigenvalue weighted by Gasteiger charge is 2.24. The summed E-state index contributed by atoms with van der Waals surface area (Å²) in [5.41, 5.74) is 8.68. The molecule has 5 nitrogen and oxygen atoms in total. The van der Waals surface area contributed by atoms with Crippen molar-refractivity contribution in [2.45, 2.75) is 12.8 Å². The molecule has 0 aromatic heterocycles. The Morgan fingerprint density at radius 2 is 1.86 bits per heavy atom. The van der Waals surface area contributed by atoms with Crippen molar-refractivity contribution in [1.82, 2.24) is 4.90 Å². The van der Waals surface area contributed by atoms with Crippen LogP contribution in [0.2, 0.25) is 10.0 Å². The summed E-state index contributed by atoms with van der Waals surface area (Å²) in [6.07, 6.45) is 1.94. The molecule has 8 heteroatoms. The molecule has 0 spiro atoms. The molecule has 3 N–H and O–H groups in total. The number of halogens is 2. The maximum Gasteiger partial charge on any atom is 0.277 e. The number of hydrogen-bond donors (Lipinski definition) is 2. The lowest BCUT2D eigenvalue weighted by Gasteiger charge is -2.16. The SMILES string of the molecule is NC(=S)/C(=N/Nc1c(Cl)cccc1Cl)C(=O)N1CCCC1. The molecule has 1 aromatic rings. The van der Waals surface area contributed by atoms with Crippen molar-refractivity contribution in [2.24, 2.45) is 10.8 Å². The van der Waals surface area contributed by atoms with E-state index in [0.717, 1.165) is 12.8 Å². The summed E-state index contributed by atoms with van der Waals surface area (Å²) in [7, 11) is 0. The van der Waals surface area contributed by atoms with E-state index in [9.17, 15) is 4.79 Å². The Kier molecular flexibility index (Phi) is 5.39. The quantitative estimate of drug-likeness (QED) is 0.500. The first-order valence-corrected chi connectivity index (χ1v) is 7.54. The van der Waals surface area contributed by atoms with Gasteiger partial charge in [0.25, 0.3) is 5.91 Å². The summed E-state index contributed by atoms with van der Waals surface area (Å²) in [6.45, 7) is 1.38. The Morgan fingerprint density at radius 3 is 2.38 bits per heavy atom. The second kappa shape index (κ2) is 7.06. The molecule has 0 unspecified atom stereocenters. The van der Waals surface area contributed by atoms with Gasteiger partial charge in [-0.15, -0.1) is 0 Å². The molecule has 1 saturated heterocycles. The van der Waals surface area contributed by atoms with Gasteiger partial charge in [-0.1, -0.05) is 41.5 Å². The number of rotatable bonds is 4. The minimum absolute atomic E-state index is 0.00267. The largest absolute Gasteiger partial charge is 0.388 e. The highest BCUT2D eigenvalue weighted by molar-refractivity contribution is 7.82. The lowest BCUT2D eigenvalue weighted by molar-refractivity contribution is -0.122. The number of carbonyl (C=O) groups excluding carboxylic acids is 1. The first kappa shape index (κ1) is 16.0. The fourth-order valence-corrected chi connectivity index (χ4v) is 2.61. The number of nitrogens with two attached hydrogens (primary N) is 1. The maximum absolute atomic E-state index is 12.3. The Bertz CT molecular complexity index is 580. The van der Waals surface area contributed by atoms with E-state index in [4.69, 9.17) is 41.2 Å². The van der Waals surface area contributed by atoms with Crippen LogP contribution in [0.5, 0.6) is 0 Å². The van der Waals surface area contributed by atoms with Crippen molar-refractivity contribution in [1.29, 1.82) is 0 Å². The number of para-hydroxylation sites is 1. The van der Waals surface area contributed by atoms with E-state index in [0.29, 0.717) is 28.8 Å². The first-order valence-electron chi connectivity index (χ1n) is 6.37. The molecule has 1 heterocycles. The highest BCUT2D eigenvalue weighted by atomic mass is 35.5. The molecule has 0 bridgehead atoms. The number of amides is 1. The molecule has 1 aliphatic heterocycles. The van der Waals surface area contributed by atoms with Gasteiger partial charge in [0.2, 0.25) is 0 Å². The molecule has 0 atom stereocenters. The molecule has 0 saturated carbocycles. The molecule has 0 radical (unpaired) electrons. The third-order valence-corrected chi connectivity index (χ3v) is 3.89. The number of thiocarbonyl (C=S) groups is 1. The summed E-state index contributed by atoms with van der Waals surface area (Å²) in [6, 6.07) is 5.03. The monoisotopic (exact) mass is 344 g/mol. The normalized spacial score (nSPS) is 15.1. The molecule has 1 aliphatic rings. The van der Waals surface area contributed by atoms with Crippen molar-refractivity contribution < 1.29 is 4.79 Å². The molecule has 2 rings (SSSR count). The predicted octanol–water partition coefficient (Wildman–Crippen LogP) is 2.67. The van der Waals surface area contributed by atoms with E-state index >= 15 is 0 Å². The number of nitrogens with zero attached hydrogens (tertiary/aromatic N) is 2. The van der Waals surface area contributed by atoms with E-state index in [2.05, 4.69) is 10.5 Å². The number of hydrazone groups is 1. The fourth-order valence-electron chi connectivity index (χ4n) is 1.99.